The van der Waals surface area contributed by atoms with E-state index >= 15 is 0 Å². The zero-order chi connectivity index (χ0) is 11.3. The second-order valence-electron chi connectivity index (χ2n) is 3.40. The molecule has 4 heteroatoms. The Balaban J connectivity index is 2.88. The molecule has 80 valence electrons. The molecule has 0 saturated heterocycles. The van der Waals surface area contributed by atoms with Crippen LogP contribution in [0.25, 0.3) is 0 Å². The number of nitrogens with zero attached hydrogens (tertiary/aromatic N) is 3. The van der Waals surface area contributed by atoms with E-state index in [0.717, 1.165) is 6.54 Å². The Morgan fingerprint density at radius 3 is 2.93 bits per heavy atom. The molecule has 0 bridgehead atoms. The first-order chi connectivity index (χ1) is 7.24. The van der Waals surface area contributed by atoms with E-state index in [1.807, 2.05) is 24.5 Å². The Kier molecular flexibility index (Phi) is 4.04. The minimum atomic E-state index is -0.197. The number of Topliss-reactive ketones (excluding diaryl/α,β-unsaturated/α-hetero) is 1. The van der Waals surface area contributed by atoms with Crippen LogP contribution in [0.15, 0.2) is 12.5 Å². The number of imidazole rings is 1. The molecule has 1 aromatic rings. The maximum atomic E-state index is 12.0. The number of hydrogen-bond acceptors (Lipinski definition) is 3. The smallest absolute Gasteiger partial charge is 0.184 e. The van der Waals surface area contributed by atoms with Crippen molar-refractivity contribution >= 4 is 5.78 Å². The zero-order valence-electron chi connectivity index (χ0n) is 9.10. The summed E-state index contributed by atoms with van der Waals surface area (Å²) < 4.78 is 1.81. The third-order valence-electron chi connectivity index (χ3n) is 2.51. The number of ketones is 1. The van der Waals surface area contributed by atoms with E-state index in [0.29, 0.717) is 12.1 Å². The second kappa shape index (κ2) is 5.30. The van der Waals surface area contributed by atoms with Gasteiger partial charge in [0.15, 0.2) is 5.78 Å². The number of carbonyl (C=O) groups is 1. The van der Waals surface area contributed by atoms with Crippen molar-refractivity contribution < 1.29 is 4.79 Å². The van der Waals surface area contributed by atoms with Gasteiger partial charge in [-0.1, -0.05) is 6.92 Å². The lowest BCUT2D eigenvalue weighted by Crippen LogP contribution is -2.17. The predicted octanol–water partition coefficient (Wildman–Crippen LogP) is 2.03. The predicted molar refractivity (Wildman–Crippen MR) is 56.2 cm³/mol. The van der Waals surface area contributed by atoms with Crippen LogP contribution in [-0.2, 0) is 6.54 Å². The van der Waals surface area contributed by atoms with Crippen LogP contribution in [0.1, 0.15) is 37.2 Å². The Morgan fingerprint density at radius 2 is 2.40 bits per heavy atom. The van der Waals surface area contributed by atoms with Gasteiger partial charge in [0.25, 0.3) is 0 Å². The molecule has 0 radical (unpaired) electrons. The van der Waals surface area contributed by atoms with Gasteiger partial charge in [0.2, 0.25) is 0 Å². The SMILES string of the molecule is CCC(CC#N)C(=O)c1cncn1CC. The van der Waals surface area contributed by atoms with Crippen molar-refractivity contribution in [3.8, 4) is 6.07 Å². The van der Waals surface area contributed by atoms with Gasteiger partial charge < -0.3 is 4.57 Å². The fraction of sp³-hybridized carbons (Fsp3) is 0.545. The lowest BCUT2D eigenvalue weighted by atomic mass is 9.96. The summed E-state index contributed by atoms with van der Waals surface area (Å²) in [6, 6.07) is 2.05. The van der Waals surface area contributed by atoms with Crippen molar-refractivity contribution in [2.45, 2.75) is 33.2 Å². The van der Waals surface area contributed by atoms with E-state index in [1.165, 1.54) is 0 Å². The average molecular weight is 205 g/mol. The molecule has 4 nitrogen and oxygen atoms in total. The highest BCUT2D eigenvalue weighted by molar-refractivity contribution is 5.96. The molecule has 0 aromatic carbocycles. The van der Waals surface area contributed by atoms with Gasteiger partial charge in [-0.05, 0) is 13.3 Å². The van der Waals surface area contributed by atoms with Crippen molar-refractivity contribution in [2.75, 3.05) is 0 Å². The topological polar surface area (TPSA) is 58.7 Å². The van der Waals surface area contributed by atoms with Crippen LogP contribution in [0.5, 0.6) is 0 Å². The van der Waals surface area contributed by atoms with Gasteiger partial charge in [-0.25, -0.2) is 4.98 Å². The number of carbonyl (C=O) groups excluding carboxylic acids is 1. The molecule has 0 aliphatic rings. The highest BCUT2D eigenvalue weighted by atomic mass is 16.1. The molecule has 0 fully saturated rings. The van der Waals surface area contributed by atoms with Gasteiger partial charge in [-0.3, -0.25) is 4.79 Å². The number of aromatic nitrogens is 2. The molecular weight excluding hydrogens is 190 g/mol. The summed E-state index contributed by atoms with van der Waals surface area (Å²) in [7, 11) is 0. The van der Waals surface area contributed by atoms with Crippen LogP contribution < -0.4 is 0 Å². The number of rotatable bonds is 5. The molecule has 0 spiro atoms. The molecule has 0 saturated carbocycles. The summed E-state index contributed by atoms with van der Waals surface area (Å²) in [5.41, 5.74) is 0.611. The molecule has 15 heavy (non-hydrogen) atoms. The normalized spacial score (nSPS) is 12.1. The van der Waals surface area contributed by atoms with E-state index in [4.69, 9.17) is 5.26 Å². The van der Waals surface area contributed by atoms with Crippen molar-refractivity contribution in [2.24, 2.45) is 5.92 Å². The second-order valence-corrected chi connectivity index (χ2v) is 3.40. The average Bonchev–Trinajstić information content (AvgIpc) is 2.72. The summed E-state index contributed by atoms with van der Waals surface area (Å²) in [5.74, 6) is -0.171. The Bertz CT molecular complexity index is 375. The van der Waals surface area contributed by atoms with Crippen LogP contribution in [-0.4, -0.2) is 15.3 Å². The van der Waals surface area contributed by atoms with E-state index in [1.54, 1.807) is 12.5 Å². The van der Waals surface area contributed by atoms with E-state index < -0.39 is 0 Å². The molecule has 1 unspecified atom stereocenters. The molecule has 1 aromatic heterocycles. The van der Waals surface area contributed by atoms with Crippen molar-refractivity contribution in [1.82, 2.24) is 9.55 Å². The van der Waals surface area contributed by atoms with Crippen LogP contribution in [0.4, 0.5) is 0 Å². The van der Waals surface area contributed by atoms with Gasteiger partial charge >= 0.3 is 0 Å². The van der Waals surface area contributed by atoms with Crippen molar-refractivity contribution in [1.29, 1.82) is 5.26 Å². The minimum Gasteiger partial charge on any atom is -0.328 e. The summed E-state index contributed by atoms with van der Waals surface area (Å²) in [4.78, 5) is 15.9. The van der Waals surface area contributed by atoms with Gasteiger partial charge in [0, 0.05) is 18.9 Å². The Labute approximate surface area is 89.5 Å². The van der Waals surface area contributed by atoms with Crippen molar-refractivity contribution in [3.05, 3.63) is 18.2 Å². The summed E-state index contributed by atoms with van der Waals surface area (Å²) >= 11 is 0. The summed E-state index contributed by atoms with van der Waals surface area (Å²) in [6.45, 7) is 4.61. The van der Waals surface area contributed by atoms with E-state index in [-0.39, 0.29) is 18.1 Å². The molecule has 0 N–H and O–H groups in total. The third-order valence-corrected chi connectivity index (χ3v) is 2.51. The van der Waals surface area contributed by atoms with Crippen molar-refractivity contribution in [3.63, 3.8) is 0 Å². The van der Waals surface area contributed by atoms with Gasteiger partial charge in [0.1, 0.15) is 5.69 Å². The maximum absolute atomic E-state index is 12.0. The molecule has 1 heterocycles. The zero-order valence-corrected chi connectivity index (χ0v) is 9.10. The molecule has 0 amide bonds. The number of hydrogen-bond donors (Lipinski definition) is 0. The first kappa shape index (κ1) is 11.4. The molecule has 1 atom stereocenters. The molecule has 0 aliphatic carbocycles. The van der Waals surface area contributed by atoms with Crippen LogP contribution >= 0.6 is 0 Å². The first-order valence-electron chi connectivity index (χ1n) is 5.15. The van der Waals surface area contributed by atoms with Gasteiger partial charge in [0.05, 0.1) is 18.6 Å². The summed E-state index contributed by atoms with van der Waals surface area (Å²) in [5, 5.41) is 8.62. The third kappa shape index (κ3) is 2.44. The quantitative estimate of drug-likeness (QED) is 0.691. The standard InChI is InChI=1S/C11H15N3O/c1-3-9(5-6-12)11(15)10-7-13-8-14(10)4-2/h7-9H,3-5H2,1-2H3. The number of aryl methyl sites for hydroxylation is 1. The highest BCUT2D eigenvalue weighted by Gasteiger charge is 2.20. The van der Waals surface area contributed by atoms with E-state index in [2.05, 4.69) is 4.98 Å². The molecule has 1 rings (SSSR count). The monoisotopic (exact) mass is 205 g/mol. The van der Waals surface area contributed by atoms with Gasteiger partial charge in [-0.2, -0.15) is 5.26 Å². The van der Waals surface area contributed by atoms with Crippen LogP contribution in [0, 0.1) is 17.2 Å². The largest absolute Gasteiger partial charge is 0.328 e. The van der Waals surface area contributed by atoms with Crippen LogP contribution in [0.2, 0.25) is 0 Å². The highest BCUT2D eigenvalue weighted by Crippen LogP contribution is 2.15. The van der Waals surface area contributed by atoms with Crippen LogP contribution in [0.3, 0.4) is 0 Å². The first-order valence-corrected chi connectivity index (χ1v) is 5.15. The molecular formula is C11H15N3O. The molecule has 0 aliphatic heterocycles. The lowest BCUT2D eigenvalue weighted by Gasteiger charge is -2.10. The Hall–Kier alpha value is -1.63. The summed E-state index contributed by atoms with van der Waals surface area (Å²) in [6.07, 6.45) is 4.20. The fourth-order valence-electron chi connectivity index (χ4n) is 1.52. The van der Waals surface area contributed by atoms with Gasteiger partial charge in [-0.15, -0.1) is 0 Å². The minimum absolute atomic E-state index is 0.0263. The Morgan fingerprint density at radius 1 is 1.67 bits per heavy atom. The van der Waals surface area contributed by atoms with E-state index in [9.17, 15) is 4.79 Å². The maximum Gasteiger partial charge on any atom is 0.184 e. The number of nitriles is 1. The fourth-order valence-corrected chi connectivity index (χ4v) is 1.52. The lowest BCUT2D eigenvalue weighted by molar-refractivity contribution is 0.0909.